The highest BCUT2D eigenvalue weighted by molar-refractivity contribution is 7.88. The van der Waals surface area contributed by atoms with Gasteiger partial charge in [-0.1, -0.05) is 18.2 Å². The average molecular weight is 443 g/mol. The van der Waals surface area contributed by atoms with Gasteiger partial charge in [-0.3, -0.25) is 0 Å². The Bertz CT molecular complexity index is 1130. The summed E-state index contributed by atoms with van der Waals surface area (Å²) in [6.07, 6.45) is 1.77. The molecule has 0 spiro atoms. The molecule has 1 N–H and O–H groups in total. The van der Waals surface area contributed by atoms with Crippen molar-refractivity contribution >= 4 is 27.5 Å². The molecular weight excluding hydrogens is 419 g/mol. The van der Waals surface area contributed by atoms with Crippen LogP contribution in [0.4, 0.5) is 21.8 Å². The van der Waals surface area contributed by atoms with E-state index in [1.807, 2.05) is 36.1 Å². The molecule has 1 fully saturated rings. The molecule has 0 saturated carbocycles. The molecule has 3 aromatic rings. The van der Waals surface area contributed by atoms with E-state index in [1.165, 1.54) is 22.5 Å². The molecule has 0 radical (unpaired) electrons. The van der Waals surface area contributed by atoms with Crippen molar-refractivity contribution in [3.8, 4) is 0 Å². The summed E-state index contributed by atoms with van der Waals surface area (Å²) in [5.74, 6) is 1.30. The van der Waals surface area contributed by atoms with Crippen molar-refractivity contribution in [2.45, 2.75) is 12.7 Å². The number of aryl methyl sites for hydroxylation is 1. The summed E-state index contributed by atoms with van der Waals surface area (Å²) in [6, 6.07) is 13.2. The summed E-state index contributed by atoms with van der Waals surface area (Å²) in [4.78, 5) is 6.27. The number of benzene rings is 1. The monoisotopic (exact) mass is 442 g/mol. The fourth-order valence-electron chi connectivity index (χ4n) is 3.36. The summed E-state index contributed by atoms with van der Waals surface area (Å²) in [5.41, 5.74) is 1.52. The second kappa shape index (κ2) is 8.94. The minimum absolute atomic E-state index is 0.210. The fraction of sp³-hybridized carbons (Fsp3) is 0.286. The van der Waals surface area contributed by atoms with Crippen LogP contribution >= 0.6 is 0 Å². The molecule has 1 aliphatic rings. The number of aromatic nitrogens is 3. The van der Waals surface area contributed by atoms with Gasteiger partial charge in [0, 0.05) is 32.4 Å². The Morgan fingerprint density at radius 3 is 2.42 bits per heavy atom. The van der Waals surface area contributed by atoms with Crippen LogP contribution in [0.1, 0.15) is 11.1 Å². The number of anilines is 3. The first-order chi connectivity index (χ1) is 14.9. The van der Waals surface area contributed by atoms with Gasteiger partial charge in [0.15, 0.2) is 11.6 Å². The normalized spacial score (nSPS) is 15.1. The van der Waals surface area contributed by atoms with E-state index < -0.39 is 15.8 Å². The van der Waals surface area contributed by atoms with Crippen molar-refractivity contribution < 1.29 is 12.8 Å². The van der Waals surface area contributed by atoms with Gasteiger partial charge in [0.25, 0.3) is 0 Å². The van der Waals surface area contributed by atoms with Crippen molar-refractivity contribution in [2.24, 2.45) is 0 Å². The minimum atomic E-state index is -3.52. The number of hydrogen-bond acceptors (Lipinski definition) is 7. The molecule has 0 aliphatic carbocycles. The highest BCUT2D eigenvalue weighted by atomic mass is 32.2. The molecule has 0 amide bonds. The quantitative estimate of drug-likeness (QED) is 0.628. The summed E-state index contributed by atoms with van der Waals surface area (Å²) in [7, 11) is -3.52. The van der Waals surface area contributed by atoms with Crippen molar-refractivity contribution in [3.63, 3.8) is 0 Å². The Morgan fingerprint density at radius 2 is 1.77 bits per heavy atom. The summed E-state index contributed by atoms with van der Waals surface area (Å²) < 4.78 is 40.2. The lowest BCUT2D eigenvalue weighted by Gasteiger charge is -2.34. The van der Waals surface area contributed by atoms with Crippen molar-refractivity contribution in [1.82, 2.24) is 19.5 Å². The third kappa shape index (κ3) is 5.33. The van der Waals surface area contributed by atoms with Gasteiger partial charge in [-0.15, -0.1) is 10.2 Å². The minimum Gasteiger partial charge on any atom is -0.352 e. The van der Waals surface area contributed by atoms with E-state index in [9.17, 15) is 12.8 Å². The number of hydrogen-bond donors (Lipinski definition) is 1. The predicted octanol–water partition coefficient (Wildman–Crippen LogP) is 2.71. The molecule has 2 aromatic heterocycles. The van der Waals surface area contributed by atoms with Crippen LogP contribution in [0.25, 0.3) is 0 Å². The van der Waals surface area contributed by atoms with Gasteiger partial charge in [0.1, 0.15) is 11.6 Å². The van der Waals surface area contributed by atoms with Crippen LogP contribution in [0.2, 0.25) is 0 Å². The van der Waals surface area contributed by atoms with E-state index in [0.29, 0.717) is 49.2 Å². The molecule has 3 heterocycles. The van der Waals surface area contributed by atoms with Crippen LogP contribution in [0.15, 0.2) is 54.7 Å². The van der Waals surface area contributed by atoms with Gasteiger partial charge in [0.2, 0.25) is 10.0 Å². The summed E-state index contributed by atoms with van der Waals surface area (Å²) in [5, 5.41) is 11.5. The van der Waals surface area contributed by atoms with E-state index in [1.54, 1.807) is 12.3 Å². The molecule has 10 heteroatoms. The number of rotatable bonds is 6. The molecule has 8 nitrogen and oxygen atoms in total. The maximum absolute atomic E-state index is 13.4. The third-order valence-electron chi connectivity index (χ3n) is 5.01. The van der Waals surface area contributed by atoms with Crippen molar-refractivity contribution in [3.05, 3.63) is 71.7 Å². The maximum Gasteiger partial charge on any atom is 0.218 e. The fourth-order valence-corrected chi connectivity index (χ4v) is 4.86. The van der Waals surface area contributed by atoms with Gasteiger partial charge >= 0.3 is 0 Å². The molecule has 1 saturated heterocycles. The topological polar surface area (TPSA) is 91.3 Å². The van der Waals surface area contributed by atoms with Crippen LogP contribution in [0.5, 0.6) is 0 Å². The second-order valence-corrected chi connectivity index (χ2v) is 9.36. The molecule has 0 bridgehead atoms. The summed E-state index contributed by atoms with van der Waals surface area (Å²) >= 11 is 0. The smallest absolute Gasteiger partial charge is 0.218 e. The average Bonchev–Trinajstić information content (AvgIpc) is 2.76. The lowest BCUT2D eigenvalue weighted by molar-refractivity contribution is 0.383. The van der Waals surface area contributed by atoms with E-state index in [-0.39, 0.29) is 5.75 Å². The molecule has 4 rings (SSSR count). The van der Waals surface area contributed by atoms with E-state index in [4.69, 9.17) is 0 Å². The number of sulfonamides is 1. The van der Waals surface area contributed by atoms with Gasteiger partial charge < -0.3 is 10.2 Å². The lowest BCUT2D eigenvalue weighted by atomic mass is 10.2. The highest BCUT2D eigenvalue weighted by Crippen LogP contribution is 2.19. The zero-order chi connectivity index (χ0) is 21.8. The molecule has 0 unspecified atom stereocenters. The first kappa shape index (κ1) is 21.1. The van der Waals surface area contributed by atoms with E-state index in [2.05, 4.69) is 20.5 Å². The largest absolute Gasteiger partial charge is 0.352 e. The first-order valence-electron chi connectivity index (χ1n) is 9.90. The van der Waals surface area contributed by atoms with E-state index in [0.717, 1.165) is 5.56 Å². The molecule has 1 aromatic carbocycles. The molecule has 1 aliphatic heterocycles. The Balaban J connectivity index is 1.34. The van der Waals surface area contributed by atoms with Gasteiger partial charge in [-0.25, -0.2) is 17.8 Å². The Morgan fingerprint density at radius 1 is 1.00 bits per heavy atom. The highest BCUT2D eigenvalue weighted by Gasteiger charge is 2.27. The zero-order valence-electron chi connectivity index (χ0n) is 17.1. The number of nitrogens with one attached hydrogen (secondary N) is 1. The number of halogens is 1. The lowest BCUT2D eigenvalue weighted by Crippen LogP contribution is -2.49. The predicted molar refractivity (Wildman–Crippen MR) is 117 cm³/mol. The standard InChI is InChI=1S/C21H23FN6O2S/c1-16-5-6-19(23-14-16)24-20-7-8-21(26-25-20)27-9-11-28(12-10-27)31(29,30)15-17-3-2-4-18(22)13-17/h2-8,13-14H,9-12,15H2,1H3,(H,23,24,25). The zero-order valence-corrected chi connectivity index (χ0v) is 17.9. The van der Waals surface area contributed by atoms with Crippen LogP contribution in [-0.2, 0) is 15.8 Å². The summed E-state index contributed by atoms with van der Waals surface area (Å²) in [6.45, 7) is 3.66. The SMILES string of the molecule is Cc1ccc(Nc2ccc(N3CCN(S(=O)(=O)Cc4cccc(F)c4)CC3)nn2)nc1. The molecular formula is C21H23FN6O2S. The Kier molecular flexibility index (Phi) is 6.10. The van der Waals surface area contributed by atoms with Gasteiger partial charge in [0.05, 0.1) is 5.75 Å². The molecule has 162 valence electrons. The first-order valence-corrected chi connectivity index (χ1v) is 11.5. The Labute approximate surface area is 180 Å². The third-order valence-corrected chi connectivity index (χ3v) is 6.86. The van der Waals surface area contributed by atoms with E-state index >= 15 is 0 Å². The van der Waals surface area contributed by atoms with Crippen LogP contribution in [-0.4, -0.2) is 54.1 Å². The number of pyridine rings is 1. The Hall–Kier alpha value is -3.11. The van der Waals surface area contributed by atoms with Crippen molar-refractivity contribution in [1.29, 1.82) is 0 Å². The van der Waals surface area contributed by atoms with Crippen molar-refractivity contribution in [2.75, 3.05) is 36.4 Å². The van der Waals surface area contributed by atoms with Gasteiger partial charge in [-0.2, -0.15) is 4.31 Å². The van der Waals surface area contributed by atoms with Crippen LogP contribution in [0, 0.1) is 12.7 Å². The second-order valence-electron chi connectivity index (χ2n) is 7.39. The van der Waals surface area contributed by atoms with Crippen LogP contribution in [0.3, 0.4) is 0 Å². The molecule has 0 atom stereocenters. The van der Waals surface area contributed by atoms with Gasteiger partial charge in [-0.05, 0) is 48.4 Å². The molecule has 31 heavy (non-hydrogen) atoms. The maximum atomic E-state index is 13.4. The van der Waals surface area contributed by atoms with Crippen LogP contribution < -0.4 is 10.2 Å². The number of nitrogens with zero attached hydrogens (tertiary/aromatic N) is 5. The number of piperazine rings is 1.